The Bertz CT molecular complexity index is 184. The van der Waals surface area contributed by atoms with Crippen molar-refractivity contribution in [1.82, 2.24) is 0 Å². The van der Waals surface area contributed by atoms with Gasteiger partial charge in [0.15, 0.2) is 0 Å². The van der Waals surface area contributed by atoms with E-state index in [0.717, 1.165) is 44.6 Å². The third-order valence-electron chi connectivity index (χ3n) is 2.94. The van der Waals surface area contributed by atoms with Gasteiger partial charge in [-0.05, 0) is 32.1 Å². The molecule has 0 saturated carbocycles. The quantitative estimate of drug-likeness (QED) is 0.323. The molecule has 0 unspecified atom stereocenters. The number of rotatable bonds is 15. The molecular weight excluding hydrogens is 275 g/mol. The first-order valence-corrected chi connectivity index (χ1v) is 10.2. The molecule has 5 heteroatoms. The Morgan fingerprint density at radius 3 is 1.55 bits per heavy atom. The Balaban J connectivity index is 4.34. The predicted molar refractivity (Wildman–Crippen MR) is 83.7 cm³/mol. The highest BCUT2D eigenvalue weighted by Crippen LogP contribution is 2.21. The molecule has 0 radical (unpaired) electrons. The van der Waals surface area contributed by atoms with Gasteiger partial charge in [-0.1, -0.05) is 33.6 Å². The van der Waals surface area contributed by atoms with Gasteiger partial charge in [0.2, 0.25) is 0 Å². The lowest BCUT2D eigenvalue weighted by atomic mass is 10.2. The molecule has 0 rings (SSSR count). The smallest absolute Gasteiger partial charge is 0.373 e. The molecule has 0 aromatic heterocycles. The van der Waals surface area contributed by atoms with Gasteiger partial charge < -0.3 is 13.3 Å². The fourth-order valence-corrected chi connectivity index (χ4v) is 4.82. The largest absolute Gasteiger partial charge is 0.500 e. The molecule has 0 aromatic carbocycles. The number of hydrogen-bond acceptors (Lipinski definition) is 3. The summed E-state index contributed by atoms with van der Waals surface area (Å²) in [6.07, 6.45) is 6.56. The summed E-state index contributed by atoms with van der Waals surface area (Å²) in [5.41, 5.74) is 0. The van der Waals surface area contributed by atoms with Gasteiger partial charge in [0, 0.05) is 25.9 Å². The highest BCUT2D eigenvalue weighted by molar-refractivity contribution is 6.60. The van der Waals surface area contributed by atoms with Crippen molar-refractivity contribution in [2.75, 3.05) is 26.5 Å². The summed E-state index contributed by atoms with van der Waals surface area (Å²) in [7, 11) is -2.51. The van der Waals surface area contributed by atoms with E-state index in [0.29, 0.717) is 26.2 Å². The van der Waals surface area contributed by atoms with Crippen LogP contribution in [0.4, 0.5) is 4.39 Å². The van der Waals surface area contributed by atoms with Crippen LogP contribution in [0.5, 0.6) is 0 Å². The lowest BCUT2D eigenvalue weighted by molar-refractivity contribution is 0.0586. The van der Waals surface area contributed by atoms with Crippen LogP contribution in [0.1, 0.15) is 65.7 Å². The fraction of sp³-hybridized carbons (Fsp3) is 1.00. The first-order valence-electron chi connectivity index (χ1n) is 8.22. The minimum absolute atomic E-state index is 0.215. The van der Waals surface area contributed by atoms with Gasteiger partial charge in [-0.2, -0.15) is 0 Å². The molecule has 0 heterocycles. The molecule has 0 fully saturated rings. The molecule has 0 spiro atoms. The first-order chi connectivity index (χ1) is 9.74. The van der Waals surface area contributed by atoms with E-state index in [1.54, 1.807) is 0 Å². The zero-order valence-electron chi connectivity index (χ0n) is 13.6. The van der Waals surface area contributed by atoms with Crippen LogP contribution in [0.3, 0.4) is 0 Å². The molecule has 0 atom stereocenters. The molecule has 0 saturated heterocycles. The maximum atomic E-state index is 12.1. The van der Waals surface area contributed by atoms with Crippen LogP contribution in [0.25, 0.3) is 0 Å². The van der Waals surface area contributed by atoms with Crippen LogP contribution in [0.2, 0.25) is 6.04 Å². The van der Waals surface area contributed by atoms with Crippen LogP contribution in [-0.4, -0.2) is 35.3 Å². The van der Waals surface area contributed by atoms with E-state index < -0.39 is 8.80 Å². The van der Waals surface area contributed by atoms with E-state index in [9.17, 15) is 4.39 Å². The molecule has 0 amide bonds. The molecule has 0 aliphatic rings. The molecule has 0 bridgehead atoms. The van der Waals surface area contributed by atoms with E-state index in [4.69, 9.17) is 13.3 Å². The standard InChI is InChI=1S/C15H33FO3Si/c1-4-12-17-20(18-13-5-2,19-14-6-3)15-10-8-7-9-11-16/h4-15H2,1-3H3. The summed E-state index contributed by atoms with van der Waals surface area (Å²) < 4.78 is 30.1. The summed E-state index contributed by atoms with van der Waals surface area (Å²) in [4.78, 5) is 0. The summed E-state index contributed by atoms with van der Waals surface area (Å²) >= 11 is 0. The Labute approximate surface area is 125 Å². The average Bonchev–Trinajstić information content (AvgIpc) is 2.48. The maximum Gasteiger partial charge on any atom is 0.500 e. The summed E-state index contributed by atoms with van der Waals surface area (Å²) in [5, 5.41) is 0. The Kier molecular flexibility index (Phi) is 14.0. The topological polar surface area (TPSA) is 27.7 Å². The van der Waals surface area contributed by atoms with Crippen molar-refractivity contribution in [2.45, 2.75) is 71.8 Å². The van der Waals surface area contributed by atoms with Crippen LogP contribution in [-0.2, 0) is 13.3 Å². The fourth-order valence-electron chi connectivity index (χ4n) is 1.90. The van der Waals surface area contributed by atoms with Gasteiger partial charge in [0.1, 0.15) is 0 Å². The number of halogens is 1. The zero-order chi connectivity index (χ0) is 15.1. The SMILES string of the molecule is CCCO[Si](CCCCCCF)(OCCC)OCCC. The van der Waals surface area contributed by atoms with Crippen molar-refractivity contribution in [3.8, 4) is 0 Å². The predicted octanol–water partition coefficient (Wildman–Crippen LogP) is 4.74. The second-order valence-electron chi connectivity index (χ2n) is 5.08. The van der Waals surface area contributed by atoms with Crippen molar-refractivity contribution in [2.24, 2.45) is 0 Å². The van der Waals surface area contributed by atoms with E-state index in [-0.39, 0.29) is 6.67 Å². The molecular formula is C15H33FO3Si. The second kappa shape index (κ2) is 14.0. The third kappa shape index (κ3) is 9.86. The number of unbranched alkanes of at least 4 members (excludes halogenated alkanes) is 3. The summed E-state index contributed by atoms with van der Waals surface area (Å²) in [6.45, 7) is 8.17. The molecule has 20 heavy (non-hydrogen) atoms. The third-order valence-corrected chi connectivity index (χ3v) is 5.84. The van der Waals surface area contributed by atoms with Crippen LogP contribution in [0, 0.1) is 0 Å². The molecule has 122 valence electrons. The number of hydrogen-bond donors (Lipinski definition) is 0. The summed E-state index contributed by atoms with van der Waals surface area (Å²) in [5.74, 6) is 0. The first kappa shape index (κ1) is 20.0. The van der Waals surface area contributed by atoms with E-state index >= 15 is 0 Å². The van der Waals surface area contributed by atoms with Crippen molar-refractivity contribution in [3.63, 3.8) is 0 Å². The van der Waals surface area contributed by atoms with Crippen LogP contribution in [0.15, 0.2) is 0 Å². The van der Waals surface area contributed by atoms with Crippen molar-refractivity contribution >= 4 is 8.80 Å². The molecule has 0 aliphatic carbocycles. The minimum atomic E-state index is -2.51. The van der Waals surface area contributed by atoms with Gasteiger partial charge >= 0.3 is 8.80 Å². The summed E-state index contributed by atoms with van der Waals surface area (Å²) in [6, 6.07) is 0.860. The average molecular weight is 309 g/mol. The monoisotopic (exact) mass is 308 g/mol. The van der Waals surface area contributed by atoms with Crippen molar-refractivity contribution < 1.29 is 17.7 Å². The Morgan fingerprint density at radius 2 is 1.15 bits per heavy atom. The minimum Gasteiger partial charge on any atom is -0.373 e. The van der Waals surface area contributed by atoms with E-state index in [1.807, 2.05) is 0 Å². The van der Waals surface area contributed by atoms with Crippen molar-refractivity contribution in [3.05, 3.63) is 0 Å². The van der Waals surface area contributed by atoms with Crippen LogP contribution >= 0.6 is 0 Å². The molecule has 0 aromatic rings. The van der Waals surface area contributed by atoms with Gasteiger partial charge in [0.25, 0.3) is 0 Å². The van der Waals surface area contributed by atoms with Gasteiger partial charge in [-0.25, -0.2) is 0 Å². The van der Waals surface area contributed by atoms with Crippen molar-refractivity contribution in [1.29, 1.82) is 0 Å². The second-order valence-corrected chi connectivity index (χ2v) is 7.81. The van der Waals surface area contributed by atoms with Gasteiger partial charge in [-0.15, -0.1) is 0 Å². The molecule has 0 N–H and O–H groups in total. The highest BCUT2D eigenvalue weighted by Gasteiger charge is 2.40. The van der Waals surface area contributed by atoms with E-state index in [2.05, 4.69) is 20.8 Å². The van der Waals surface area contributed by atoms with Gasteiger partial charge in [-0.3, -0.25) is 4.39 Å². The molecule has 3 nitrogen and oxygen atoms in total. The Hall–Kier alpha value is 0.0269. The lowest BCUT2D eigenvalue weighted by Crippen LogP contribution is -2.46. The highest BCUT2D eigenvalue weighted by atomic mass is 28.4. The Morgan fingerprint density at radius 1 is 0.700 bits per heavy atom. The number of alkyl halides is 1. The molecule has 0 aliphatic heterocycles. The maximum absolute atomic E-state index is 12.1. The van der Waals surface area contributed by atoms with E-state index in [1.165, 1.54) is 0 Å². The van der Waals surface area contributed by atoms with Crippen LogP contribution < -0.4 is 0 Å². The van der Waals surface area contributed by atoms with Gasteiger partial charge in [0.05, 0.1) is 6.67 Å². The normalized spacial score (nSPS) is 12.0. The zero-order valence-corrected chi connectivity index (χ0v) is 14.6. The lowest BCUT2D eigenvalue weighted by Gasteiger charge is -2.29.